The van der Waals surface area contributed by atoms with E-state index in [0.29, 0.717) is 16.8 Å². The number of aromatic hydroxyl groups is 1. The SMILES string of the molecule is O=C(NCC(O)c1ccccc1)c1ccc2ccc(C=Cc3ccccc3)nc2c1O. The second-order valence-electron chi connectivity index (χ2n) is 7.15. The highest BCUT2D eigenvalue weighted by Crippen LogP contribution is 2.28. The number of carbonyl (C=O) groups excluding carboxylic acids is 1. The van der Waals surface area contributed by atoms with Gasteiger partial charge in [-0.1, -0.05) is 78.9 Å². The topological polar surface area (TPSA) is 82.5 Å². The Balaban J connectivity index is 1.53. The number of hydrogen-bond donors (Lipinski definition) is 3. The third-order valence-electron chi connectivity index (χ3n) is 4.99. The molecule has 4 rings (SSSR count). The molecule has 0 aliphatic carbocycles. The molecule has 1 heterocycles. The molecule has 0 radical (unpaired) electrons. The van der Waals surface area contributed by atoms with E-state index in [-0.39, 0.29) is 17.9 Å². The summed E-state index contributed by atoms with van der Waals surface area (Å²) in [6, 6.07) is 25.9. The van der Waals surface area contributed by atoms with E-state index in [2.05, 4.69) is 10.3 Å². The van der Waals surface area contributed by atoms with Crippen molar-refractivity contribution in [3.05, 3.63) is 107 Å². The average Bonchev–Trinajstić information content (AvgIpc) is 2.82. The second kappa shape index (κ2) is 9.24. The number of aromatic nitrogens is 1. The number of phenolic OH excluding ortho intramolecular Hbond substituents is 1. The minimum Gasteiger partial charge on any atom is -0.505 e. The van der Waals surface area contributed by atoms with Crippen LogP contribution in [0.5, 0.6) is 5.75 Å². The summed E-state index contributed by atoms with van der Waals surface area (Å²) in [4.78, 5) is 17.1. The summed E-state index contributed by atoms with van der Waals surface area (Å²) in [5.74, 6) is -0.652. The monoisotopic (exact) mass is 410 g/mol. The zero-order valence-electron chi connectivity index (χ0n) is 16.8. The number of pyridine rings is 1. The Morgan fingerprint density at radius 2 is 1.58 bits per heavy atom. The number of nitrogens with one attached hydrogen (secondary N) is 1. The van der Waals surface area contributed by atoms with Crippen molar-refractivity contribution in [2.24, 2.45) is 0 Å². The molecule has 0 spiro atoms. The largest absolute Gasteiger partial charge is 0.505 e. The molecule has 0 aliphatic heterocycles. The van der Waals surface area contributed by atoms with Gasteiger partial charge >= 0.3 is 0 Å². The highest BCUT2D eigenvalue weighted by Gasteiger charge is 2.16. The Morgan fingerprint density at radius 3 is 2.32 bits per heavy atom. The molecule has 0 bridgehead atoms. The molecule has 31 heavy (non-hydrogen) atoms. The van der Waals surface area contributed by atoms with Gasteiger partial charge in [0.25, 0.3) is 5.91 Å². The van der Waals surface area contributed by atoms with Crippen LogP contribution in [0.4, 0.5) is 0 Å². The van der Waals surface area contributed by atoms with E-state index in [1.807, 2.05) is 72.8 Å². The van der Waals surface area contributed by atoms with Crippen molar-refractivity contribution in [3.63, 3.8) is 0 Å². The number of aliphatic hydroxyl groups excluding tert-OH is 1. The molecule has 1 aromatic heterocycles. The van der Waals surface area contributed by atoms with Gasteiger partial charge in [0.2, 0.25) is 0 Å². The fraction of sp³-hybridized carbons (Fsp3) is 0.0769. The molecular formula is C26H22N2O3. The lowest BCUT2D eigenvalue weighted by Crippen LogP contribution is -2.28. The van der Waals surface area contributed by atoms with Crippen molar-refractivity contribution in [2.75, 3.05) is 6.54 Å². The van der Waals surface area contributed by atoms with Gasteiger partial charge < -0.3 is 15.5 Å². The van der Waals surface area contributed by atoms with E-state index in [1.54, 1.807) is 24.3 Å². The van der Waals surface area contributed by atoms with Gasteiger partial charge in [-0.15, -0.1) is 0 Å². The molecule has 1 amide bonds. The van der Waals surface area contributed by atoms with Crippen molar-refractivity contribution < 1.29 is 15.0 Å². The Morgan fingerprint density at radius 1 is 0.903 bits per heavy atom. The van der Waals surface area contributed by atoms with Crippen molar-refractivity contribution in [1.82, 2.24) is 10.3 Å². The Hall–Kier alpha value is -3.96. The number of aliphatic hydroxyl groups is 1. The molecule has 0 saturated heterocycles. The summed E-state index contributed by atoms with van der Waals surface area (Å²) < 4.78 is 0. The fourth-order valence-corrected chi connectivity index (χ4v) is 3.29. The second-order valence-corrected chi connectivity index (χ2v) is 7.15. The van der Waals surface area contributed by atoms with E-state index in [4.69, 9.17) is 0 Å². The zero-order chi connectivity index (χ0) is 21.6. The quantitative estimate of drug-likeness (QED) is 0.435. The molecule has 0 fully saturated rings. The van der Waals surface area contributed by atoms with Crippen molar-refractivity contribution in [1.29, 1.82) is 0 Å². The van der Waals surface area contributed by atoms with E-state index in [0.717, 1.165) is 10.9 Å². The summed E-state index contributed by atoms with van der Waals surface area (Å²) in [7, 11) is 0. The van der Waals surface area contributed by atoms with Gasteiger partial charge in [-0.2, -0.15) is 0 Å². The number of benzene rings is 3. The molecule has 154 valence electrons. The minimum absolute atomic E-state index is 0.0353. The standard InChI is InChI=1S/C26H22N2O3/c29-23(19-9-5-2-6-10-19)17-27-26(31)22-16-13-20-12-15-21(28-24(20)25(22)30)14-11-18-7-3-1-4-8-18/h1-16,23,29-30H,17H2,(H,27,31). The highest BCUT2D eigenvalue weighted by molar-refractivity contribution is 6.02. The third kappa shape index (κ3) is 4.79. The maximum Gasteiger partial charge on any atom is 0.255 e. The predicted octanol–water partition coefficient (Wildman–Crippen LogP) is 4.57. The summed E-state index contributed by atoms with van der Waals surface area (Å²) >= 11 is 0. The van der Waals surface area contributed by atoms with Gasteiger partial charge in [0.15, 0.2) is 5.75 Å². The lowest BCUT2D eigenvalue weighted by Gasteiger charge is -2.13. The zero-order valence-corrected chi connectivity index (χ0v) is 16.8. The number of fused-ring (bicyclic) bond motifs is 1. The van der Waals surface area contributed by atoms with Crippen molar-refractivity contribution in [3.8, 4) is 5.75 Å². The number of hydrogen-bond acceptors (Lipinski definition) is 4. The first-order valence-corrected chi connectivity index (χ1v) is 9.99. The van der Waals surface area contributed by atoms with Crippen LogP contribution in [0.15, 0.2) is 84.9 Å². The van der Waals surface area contributed by atoms with Crippen LogP contribution in [-0.2, 0) is 0 Å². The Bertz CT molecular complexity index is 1220. The van der Waals surface area contributed by atoms with Gasteiger partial charge in [-0.25, -0.2) is 4.98 Å². The maximum atomic E-state index is 12.6. The molecule has 1 atom stereocenters. The average molecular weight is 410 g/mol. The minimum atomic E-state index is -0.833. The molecule has 4 aromatic rings. The molecule has 5 nitrogen and oxygen atoms in total. The normalized spacial score (nSPS) is 12.2. The lowest BCUT2D eigenvalue weighted by atomic mass is 10.1. The number of rotatable bonds is 6. The first kappa shape index (κ1) is 20.3. The number of nitrogens with zero attached hydrogens (tertiary/aromatic N) is 1. The molecule has 0 aliphatic rings. The Labute approximate surface area is 180 Å². The van der Waals surface area contributed by atoms with Crippen LogP contribution < -0.4 is 5.32 Å². The lowest BCUT2D eigenvalue weighted by molar-refractivity contribution is 0.0914. The van der Waals surface area contributed by atoms with Gasteiger partial charge in [-0.05, 0) is 29.3 Å². The molecule has 1 unspecified atom stereocenters. The summed E-state index contributed by atoms with van der Waals surface area (Å²) in [5, 5.41) is 24.4. The van der Waals surface area contributed by atoms with Crippen LogP contribution in [0, 0.1) is 0 Å². The molecular weight excluding hydrogens is 388 g/mol. The number of phenols is 1. The third-order valence-corrected chi connectivity index (χ3v) is 4.99. The first-order valence-electron chi connectivity index (χ1n) is 9.99. The van der Waals surface area contributed by atoms with Crippen molar-refractivity contribution >= 4 is 29.0 Å². The van der Waals surface area contributed by atoms with Crippen LogP contribution in [-0.4, -0.2) is 27.6 Å². The summed E-state index contributed by atoms with van der Waals surface area (Å²) in [6.07, 6.45) is 2.96. The van der Waals surface area contributed by atoms with Crippen molar-refractivity contribution in [2.45, 2.75) is 6.10 Å². The molecule has 3 aromatic carbocycles. The van der Waals surface area contributed by atoms with Gasteiger partial charge in [-0.3, -0.25) is 4.79 Å². The van der Waals surface area contributed by atoms with Crippen LogP contribution in [0.2, 0.25) is 0 Å². The number of amides is 1. The van der Waals surface area contributed by atoms with Gasteiger partial charge in [0, 0.05) is 11.9 Å². The van der Waals surface area contributed by atoms with E-state index in [1.165, 1.54) is 0 Å². The van der Waals surface area contributed by atoms with Gasteiger partial charge in [0.1, 0.15) is 5.52 Å². The molecule has 5 heteroatoms. The van der Waals surface area contributed by atoms with E-state index in [9.17, 15) is 15.0 Å². The van der Waals surface area contributed by atoms with Crippen LogP contribution >= 0.6 is 0 Å². The van der Waals surface area contributed by atoms with Gasteiger partial charge in [0.05, 0.1) is 17.4 Å². The van der Waals surface area contributed by atoms with E-state index < -0.39 is 12.0 Å². The smallest absolute Gasteiger partial charge is 0.255 e. The first-order chi connectivity index (χ1) is 15.1. The molecule has 0 saturated carbocycles. The number of carbonyl (C=O) groups is 1. The molecule has 3 N–H and O–H groups in total. The van der Waals surface area contributed by atoms with E-state index >= 15 is 0 Å². The Kier molecular flexibility index (Phi) is 6.05. The predicted molar refractivity (Wildman–Crippen MR) is 123 cm³/mol. The maximum absolute atomic E-state index is 12.6. The van der Waals surface area contributed by atoms with Crippen LogP contribution in [0.3, 0.4) is 0 Å². The fourth-order valence-electron chi connectivity index (χ4n) is 3.29. The van der Waals surface area contributed by atoms with Crippen LogP contribution in [0.1, 0.15) is 33.3 Å². The highest BCUT2D eigenvalue weighted by atomic mass is 16.3. The summed E-state index contributed by atoms with van der Waals surface area (Å²) in [5.41, 5.74) is 2.89. The summed E-state index contributed by atoms with van der Waals surface area (Å²) in [6.45, 7) is 0.0353. The van der Waals surface area contributed by atoms with Crippen LogP contribution in [0.25, 0.3) is 23.1 Å².